The summed E-state index contributed by atoms with van der Waals surface area (Å²) in [5.41, 5.74) is 0.379. The number of aromatic nitrogens is 1. The quantitative estimate of drug-likeness (QED) is 0.823. The molecule has 2 amide bonds. The smallest absolute Gasteiger partial charge is 0.264 e. The number of hydrogen-bond acceptors (Lipinski definition) is 3. The molecule has 0 aromatic carbocycles. The van der Waals surface area contributed by atoms with Crippen LogP contribution < -0.4 is 10.9 Å². The molecule has 1 fully saturated rings. The standard InChI is InChI=1S/C15H18BrN3O3/c1-3-13(20)19-6-4-5-10(8-19)14(21)17-11-7-12(16)15(22)18(2)9-11/h3,7,9-10H,1,4-6,8H2,2H3,(H,17,21). The van der Waals surface area contributed by atoms with Crippen LogP contribution in [0.3, 0.4) is 0 Å². The van der Waals surface area contributed by atoms with Gasteiger partial charge in [-0.05, 0) is 40.9 Å². The molecule has 1 aliphatic rings. The van der Waals surface area contributed by atoms with Crippen molar-refractivity contribution >= 4 is 33.4 Å². The predicted molar refractivity (Wildman–Crippen MR) is 87.5 cm³/mol. The van der Waals surface area contributed by atoms with Gasteiger partial charge in [-0.15, -0.1) is 0 Å². The van der Waals surface area contributed by atoms with Gasteiger partial charge in [0.2, 0.25) is 11.8 Å². The maximum Gasteiger partial charge on any atom is 0.264 e. The SMILES string of the molecule is C=CC(=O)N1CCCC(C(=O)Nc2cc(Br)c(=O)n(C)c2)C1. The number of rotatable bonds is 3. The second-order valence-electron chi connectivity index (χ2n) is 5.31. The zero-order valence-corrected chi connectivity index (χ0v) is 13.9. The number of halogens is 1. The summed E-state index contributed by atoms with van der Waals surface area (Å²) in [5.74, 6) is -0.553. The molecule has 7 heteroatoms. The molecule has 1 atom stereocenters. The lowest BCUT2D eigenvalue weighted by atomic mass is 9.97. The average molecular weight is 368 g/mol. The zero-order valence-electron chi connectivity index (χ0n) is 12.3. The molecule has 118 valence electrons. The Morgan fingerprint density at radius 2 is 2.23 bits per heavy atom. The number of carbonyl (C=O) groups excluding carboxylic acids is 2. The van der Waals surface area contributed by atoms with Gasteiger partial charge in [-0.25, -0.2) is 0 Å². The molecule has 1 aromatic heterocycles. The lowest BCUT2D eigenvalue weighted by Gasteiger charge is -2.31. The molecule has 0 aliphatic carbocycles. The number of nitrogens with one attached hydrogen (secondary N) is 1. The number of hydrogen-bond donors (Lipinski definition) is 1. The molecule has 0 saturated carbocycles. The van der Waals surface area contributed by atoms with Crippen LogP contribution >= 0.6 is 15.9 Å². The first-order valence-electron chi connectivity index (χ1n) is 7.00. The zero-order chi connectivity index (χ0) is 16.3. The van der Waals surface area contributed by atoms with Crippen molar-refractivity contribution in [2.75, 3.05) is 18.4 Å². The third kappa shape index (κ3) is 3.65. The highest BCUT2D eigenvalue weighted by molar-refractivity contribution is 9.10. The summed E-state index contributed by atoms with van der Waals surface area (Å²) in [4.78, 5) is 37.3. The molecule has 1 saturated heterocycles. The lowest BCUT2D eigenvalue weighted by Crippen LogP contribution is -2.43. The van der Waals surface area contributed by atoms with E-state index in [1.54, 1.807) is 24.2 Å². The fourth-order valence-electron chi connectivity index (χ4n) is 2.50. The largest absolute Gasteiger partial charge is 0.338 e. The van der Waals surface area contributed by atoms with Gasteiger partial charge in [-0.2, -0.15) is 0 Å². The van der Waals surface area contributed by atoms with Crippen LogP contribution in [0.1, 0.15) is 12.8 Å². The van der Waals surface area contributed by atoms with Crippen LogP contribution in [0.5, 0.6) is 0 Å². The number of carbonyl (C=O) groups is 2. The van der Waals surface area contributed by atoms with E-state index in [0.717, 1.165) is 12.8 Å². The second-order valence-corrected chi connectivity index (χ2v) is 6.16. The first-order chi connectivity index (χ1) is 10.4. The van der Waals surface area contributed by atoms with E-state index in [-0.39, 0.29) is 23.3 Å². The summed E-state index contributed by atoms with van der Waals surface area (Å²) in [7, 11) is 1.62. The predicted octanol–water partition coefficient (Wildman–Crippen LogP) is 1.51. The molecular weight excluding hydrogens is 350 g/mol. The van der Waals surface area contributed by atoms with Gasteiger partial charge < -0.3 is 14.8 Å². The first-order valence-corrected chi connectivity index (χ1v) is 7.80. The molecular formula is C15H18BrN3O3. The minimum atomic E-state index is -0.256. The normalized spacial score (nSPS) is 17.9. The first kappa shape index (κ1) is 16.5. The van der Waals surface area contributed by atoms with E-state index in [1.165, 1.54) is 10.6 Å². The maximum absolute atomic E-state index is 12.4. The summed E-state index contributed by atoms with van der Waals surface area (Å²) in [5, 5.41) is 2.81. The van der Waals surface area contributed by atoms with Gasteiger partial charge in [0.25, 0.3) is 5.56 Å². The second kappa shape index (κ2) is 6.91. The van der Waals surface area contributed by atoms with Crippen molar-refractivity contribution < 1.29 is 9.59 Å². The summed E-state index contributed by atoms with van der Waals surface area (Å²) < 4.78 is 1.79. The number of pyridine rings is 1. The highest BCUT2D eigenvalue weighted by atomic mass is 79.9. The Morgan fingerprint density at radius 3 is 2.86 bits per heavy atom. The van der Waals surface area contributed by atoms with Crippen molar-refractivity contribution in [3.05, 3.63) is 39.7 Å². The van der Waals surface area contributed by atoms with Gasteiger partial charge in [0.1, 0.15) is 0 Å². The molecule has 22 heavy (non-hydrogen) atoms. The van der Waals surface area contributed by atoms with Crippen LogP contribution in [0, 0.1) is 5.92 Å². The summed E-state index contributed by atoms with van der Waals surface area (Å²) in [6, 6.07) is 1.58. The van der Waals surface area contributed by atoms with Crippen LogP contribution in [0.25, 0.3) is 0 Å². The Labute approximate surface area is 136 Å². The number of piperidine rings is 1. The van der Waals surface area contributed by atoms with Crippen molar-refractivity contribution in [2.45, 2.75) is 12.8 Å². The third-order valence-corrected chi connectivity index (χ3v) is 4.25. The van der Waals surface area contributed by atoms with E-state index in [1.807, 2.05) is 0 Å². The minimum absolute atomic E-state index is 0.146. The van der Waals surface area contributed by atoms with Crippen LogP contribution in [0.4, 0.5) is 5.69 Å². The Hall–Kier alpha value is -1.89. The highest BCUT2D eigenvalue weighted by Gasteiger charge is 2.27. The number of likely N-dealkylation sites (tertiary alicyclic amines) is 1. The number of anilines is 1. The summed E-state index contributed by atoms with van der Waals surface area (Å²) >= 11 is 3.17. The Bertz CT molecular complexity index is 642. The molecule has 6 nitrogen and oxygen atoms in total. The van der Waals surface area contributed by atoms with E-state index in [4.69, 9.17) is 0 Å². The van der Waals surface area contributed by atoms with Crippen LogP contribution in [0.2, 0.25) is 0 Å². The summed E-state index contributed by atoms with van der Waals surface area (Å²) in [6.07, 6.45) is 4.36. The Morgan fingerprint density at radius 1 is 1.50 bits per heavy atom. The summed E-state index contributed by atoms with van der Waals surface area (Å²) in [6.45, 7) is 4.52. The van der Waals surface area contributed by atoms with Crippen LogP contribution in [-0.4, -0.2) is 34.4 Å². The topological polar surface area (TPSA) is 71.4 Å². The van der Waals surface area contributed by atoms with Crippen molar-refractivity contribution in [2.24, 2.45) is 13.0 Å². The van der Waals surface area contributed by atoms with Crippen molar-refractivity contribution in [3.8, 4) is 0 Å². The highest BCUT2D eigenvalue weighted by Crippen LogP contribution is 2.19. The van der Waals surface area contributed by atoms with Gasteiger partial charge in [0.15, 0.2) is 0 Å². The lowest BCUT2D eigenvalue weighted by molar-refractivity contribution is -0.130. The van der Waals surface area contributed by atoms with Gasteiger partial charge in [-0.1, -0.05) is 6.58 Å². The van der Waals surface area contributed by atoms with E-state index < -0.39 is 0 Å². The third-order valence-electron chi connectivity index (χ3n) is 3.69. The van der Waals surface area contributed by atoms with E-state index >= 15 is 0 Å². The Balaban J connectivity index is 2.07. The molecule has 1 aliphatic heterocycles. The van der Waals surface area contributed by atoms with Gasteiger partial charge in [-0.3, -0.25) is 14.4 Å². The van der Waals surface area contributed by atoms with Gasteiger partial charge in [0, 0.05) is 26.3 Å². The molecule has 2 heterocycles. The number of nitrogens with zero attached hydrogens (tertiary/aromatic N) is 2. The molecule has 0 bridgehead atoms. The molecule has 1 aromatic rings. The van der Waals surface area contributed by atoms with Crippen molar-refractivity contribution in [1.29, 1.82) is 0 Å². The van der Waals surface area contributed by atoms with Gasteiger partial charge in [0.05, 0.1) is 16.1 Å². The van der Waals surface area contributed by atoms with Gasteiger partial charge >= 0.3 is 0 Å². The van der Waals surface area contributed by atoms with E-state index in [2.05, 4.69) is 27.8 Å². The fourth-order valence-corrected chi connectivity index (χ4v) is 3.03. The fraction of sp³-hybridized carbons (Fsp3) is 0.400. The van der Waals surface area contributed by atoms with E-state index in [0.29, 0.717) is 23.2 Å². The molecule has 1 N–H and O–H groups in total. The van der Waals surface area contributed by atoms with Crippen molar-refractivity contribution in [3.63, 3.8) is 0 Å². The van der Waals surface area contributed by atoms with Crippen molar-refractivity contribution in [1.82, 2.24) is 9.47 Å². The number of amides is 2. The van der Waals surface area contributed by atoms with E-state index in [9.17, 15) is 14.4 Å². The average Bonchev–Trinajstić information content (AvgIpc) is 2.51. The monoisotopic (exact) mass is 367 g/mol. The molecule has 0 spiro atoms. The molecule has 0 radical (unpaired) electrons. The Kier molecular flexibility index (Phi) is 5.18. The van der Waals surface area contributed by atoms with Crippen LogP contribution in [0.15, 0.2) is 34.2 Å². The molecule has 1 unspecified atom stereocenters. The molecule has 2 rings (SSSR count). The maximum atomic E-state index is 12.4. The number of aryl methyl sites for hydroxylation is 1. The minimum Gasteiger partial charge on any atom is -0.338 e. The van der Waals surface area contributed by atoms with Crippen LogP contribution in [-0.2, 0) is 16.6 Å².